The van der Waals surface area contributed by atoms with E-state index < -0.39 is 0 Å². The van der Waals surface area contributed by atoms with Crippen molar-refractivity contribution in [3.05, 3.63) is 52.8 Å². The van der Waals surface area contributed by atoms with E-state index in [1.54, 1.807) is 12.4 Å². The maximum Gasteiger partial charge on any atom is 0.150 e. The van der Waals surface area contributed by atoms with Crippen LogP contribution in [0.4, 0.5) is 0 Å². The summed E-state index contributed by atoms with van der Waals surface area (Å²) in [4.78, 5) is 4.02. The molecule has 2 aromatic rings. The molecule has 0 saturated carbocycles. The average molecular weight is 249 g/mol. The molecule has 0 radical (unpaired) electrons. The Morgan fingerprint density at radius 1 is 1.35 bits per heavy atom. The third-order valence-electron chi connectivity index (χ3n) is 2.45. The van der Waals surface area contributed by atoms with Gasteiger partial charge in [-0.3, -0.25) is 4.98 Å². The number of aryl methyl sites for hydroxylation is 1. The summed E-state index contributed by atoms with van der Waals surface area (Å²) in [6, 6.07) is 7.36. The normalized spacial score (nSPS) is 10.3. The van der Waals surface area contributed by atoms with Gasteiger partial charge in [-0.2, -0.15) is 0 Å². The lowest BCUT2D eigenvalue weighted by molar-refractivity contribution is 0.473. The van der Waals surface area contributed by atoms with Gasteiger partial charge in [0, 0.05) is 23.3 Å². The maximum absolute atomic E-state index is 5.95. The molecule has 0 aliphatic carbocycles. The topological polar surface area (TPSA) is 48.1 Å². The van der Waals surface area contributed by atoms with Gasteiger partial charge in [-0.25, -0.2) is 0 Å². The fraction of sp³-hybridized carbons (Fsp3) is 0.154. The van der Waals surface area contributed by atoms with Crippen molar-refractivity contribution in [2.75, 3.05) is 0 Å². The second-order valence-corrected chi connectivity index (χ2v) is 4.11. The Hall–Kier alpha value is -1.58. The molecule has 1 aromatic carbocycles. The molecule has 0 aliphatic rings. The number of hydrogen-bond acceptors (Lipinski definition) is 3. The molecule has 2 rings (SSSR count). The minimum absolute atomic E-state index is 0.421. The minimum Gasteiger partial charge on any atom is -0.455 e. The van der Waals surface area contributed by atoms with E-state index in [0.717, 1.165) is 21.9 Å². The van der Waals surface area contributed by atoms with Gasteiger partial charge in [0.05, 0.1) is 6.20 Å². The summed E-state index contributed by atoms with van der Waals surface area (Å²) >= 11 is 5.95. The fourth-order valence-electron chi connectivity index (χ4n) is 1.48. The van der Waals surface area contributed by atoms with Crippen molar-refractivity contribution in [2.45, 2.75) is 13.5 Å². The number of rotatable bonds is 3. The molecule has 0 aliphatic heterocycles. The van der Waals surface area contributed by atoms with Crippen molar-refractivity contribution in [3.63, 3.8) is 0 Å². The summed E-state index contributed by atoms with van der Waals surface area (Å²) in [7, 11) is 0. The molecule has 17 heavy (non-hydrogen) atoms. The largest absolute Gasteiger partial charge is 0.455 e. The van der Waals surface area contributed by atoms with E-state index in [4.69, 9.17) is 22.1 Å². The van der Waals surface area contributed by atoms with E-state index in [-0.39, 0.29) is 0 Å². The van der Waals surface area contributed by atoms with Crippen LogP contribution < -0.4 is 10.5 Å². The lowest BCUT2D eigenvalue weighted by Gasteiger charge is -2.10. The van der Waals surface area contributed by atoms with E-state index >= 15 is 0 Å². The van der Waals surface area contributed by atoms with Crippen LogP contribution in [0.2, 0.25) is 5.02 Å². The summed E-state index contributed by atoms with van der Waals surface area (Å²) in [5, 5.41) is 0.725. The van der Waals surface area contributed by atoms with Crippen LogP contribution >= 0.6 is 11.6 Å². The molecule has 0 spiro atoms. The molecule has 4 heteroatoms. The van der Waals surface area contributed by atoms with Gasteiger partial charge in [-0.05, 0) is 36.8 Å². The molecule has 88 valence electrons. The zero-order valence-electron chi connectivity index (χ0n) is 9.48. The van der Waals surface area contributed by atoms with E-state index in [2.05, 4.69) is 4.98 Å². The Balaban J connectivity index is 2.28. The Morgan fingerprint density at radius 3 is 2.88 bits per heavy atom. The lowest BCUT2D eigenvalue weighted by atomic mass is 10.2. The van der Waals surface area contributed by atoms with Crippen LogP contribution in [0.15, 0.2) is 36.7 Å². The van der Waals surface area contributed by atoms with Crippen LogP contribution in [0.25, 0.3) is 0 Å². The molecule has 0 unspecified atom stereocenters. The minimum atomic E-state index is 0.421. The van der Waals surface area contributed by atoms with E-state index in [9.17, 15) is 0 Å². The number of ether oxygens (including phenoxy) is 1. The van der Waals surface area contributed by atoms with Gasteiger partial charge in [0.15, 0.2) is 0 Å². The number of hydrogen-bond donors (Lipinski definition) is 1. The number of benzene rings is 1. The molecule has 0 atom stereocenters. The van der Waals surface area contributed by atoms with Crippen molar-refractivity contribution in [1.29, 1.82) is 0 Å². The van der Waals surface area contributed by atoms with Crippen molar-refractivity contribution < 1.29 is 4.74 Å². The standard InChI is InChI=1S/C13H13ClN2O/c1-9-6-11(2-3-12(9)14)17-13-8-16-5-4-10(13)7-15/h2-6,8H,7,15H2,1H3. The predicted molar refractivity (Wildman–Crippen MR) is 68.4 cm³/mol. The highest BCUT2D eigenvalue weighted by atomic mass is 35.5. The molecule has 0 fully saturated rings. The number of nitrogens with zero attached hydrogens (tertiary/aromatic N) is 1. The Morgan fingerprint density at radius 2 is 2.18 bits per heavy atom. The maximum atomic E-state index is 5.95. The molecule has 0 amide bonds. The first-order valence-corrected chi connectivity index (χ1v) is 5.65. The monoisotopic (exact) mass is 248 g/mol. The SMILES string of the molecule is Cc1cc(Oc2cnccc2CN)ccc1Cl. The highest BCUT2D eigenvalue weighted by Gasteiger charge is 2.04. The second kappa shape index (κ2) is 5.17. The van der Waals surface area contributed by atoms with Gasteiger partial charge in [-0.1, -0.05) is 11.6 Å². The van der Waals surface area contributed by atoms with Crippen molar-refractivity contribution >= 4 is 11.6 Å². The van der Waals surface area contributed by atoms with Crippen molar-refractivity contribution in [2.24, 2.45) is 5.73 Å². The number of aromatic nitrogens is 1. The van der Waals surface area contributed by atoms with Crippen molar-refractivity contribution in [3.8, 4) is 11.5 Å². The van der Waals surface area contributed by atoms with Crippen molar-refractivity contribution in [1.82, 2.24) is 4.98 Å². The predicted octanol–water partition coefficient (Wildman–Crippen LogP) is 3.29. The van der Waals surface area contributed by atoms with Crippen LogP contribution in [0, 0.1) is 6.92 Å². The zero-order valence-corrected chi connectivity index (χ0v) is 10.2. The zero-order chi connectivity index (χ0) is 12.3. The van der Waals surface area contributed by atoms with Crippen LogP contribution in [0.3, 0.4) is 0 Å². The smallest absolute Gasteiger partial charge is 0.150 e. The first kappa shape index (κ1) is 11.9. The summed E-state index contributed by atoms with van der Waals surface area (Å²) in [6.45, 7) is 2.35. The molecule has 2 N–H and O–H groups in total. The summed E-state index contributed by atoms with van der Waals surface area (Å²) < 4.78 is 5.74. The van der Waals surface area contributed by atoms with E-state index in [1.807, 2.05) is 31.2 Å². The molecule has 1 heterocycles. The third kappa shape index (κ3) is 2.75. The second-order valence-electron chi connectivity index (χ2n) is 3.70. The average Bonchev–Trinajstić information content (AvgIpc) is 2.34. The molecular formula is C13H13ClN2O. The fourth-order valence-corrected chi connectivity index (χ4v) is 1.59. The number of nitrogens with two attached hydrogens (primary N) is 1. The Bertz CT molecular complexity index is 529. The molecule has 0 saturated heterocycles. The van der Waals surface area contributed by atoms with Gasteiger partial charge < -0.3 is 10.5 Å². The van der Waals surface area contributed by atoms with E-state index in [0.29, 0.717) is 12.3 Å². The van der Waals surface area contributed by atoms with Crippen LogP contribution in [0.1, 0.15) is 11.1 Å². The molecule has 1 aromatic heterocycles. The Labute approximate surface area is 105 Å². The first-order valence-electron chi connectivity index (χ1n) is 5.27. The van der Waals surface area contributed by atoms with Gasteiger partial charge in [-0.15, -0.1) is 0 Å². The summed E-state index contributed by atoms with van der Waals surface area (Å²) in [6.07, 6.45) is 3.36. The van der Waals surface area contributed by atoms with Crippen LogP contribution in [-0.4, -0.2) is 4.98 Å². The molecular weight excluding hydrogens is 236 g/mol. The van der Waals surface area contributed by atoms with E-state index in [1.165, 1.54) is 0 Å². The van der Waals surface area contributed by atoms with Gasteiger partial charge in [0.1, 0.15) is 11.5 Å². The highest BCUT2D eigenvalue weighted by Crippen LogP contribution is 2.27. The lowest BCUT2D eigenvalue weighted by Crippen LogP contribution is -1.99. The van der Waals surface area contributed by atoms with Gasteiger partial charge in [0.25, 0.3) is 0 Å². The quantitative estimate of drug-likeness (QED) is 0.907. The third-order valence-corrected chi connectivity index (χ3v) is 2.87. The number of halogens is 1. The highest BCUT2D eigenvalue weighted by molar-refractivity contribution is 6.31. The molecule has 3 nitrogen and oxygen atoms in total. The van der Waals surface area contributed by atoms with Gasteiger partial charge in [0.2, 0.25) is 0 Å². The summed E-state index contributed by atoms with van der Waals surface area (Å²) in [5.74, 6) is 1.41. The van der Waals surface area contributed by atoms with Gasteiger partial charge >= 0.3 is 0 Å². The number of pyridine rings is 1. The van der Waals surface area contributed by atoms with Crippen LogP contribution in [-0.2, 0) is 6.54 Å². The first-order chi connectivity index (χ1) is 8.20. The molecule has 0 bridgehead atoms. The Kier molecular flexibility index (Phi) is 3.61. The van der Waals surface area contributed by atoms with Crippen LogP contribution in [0.5, 0.6) is 11.5 Å². The summed E-state index contributed by atoms with van der Waals surface area (Å²) in [5.41, 5.74) is 7.53.